The lowest BCUT2D eigenvalue weighted by molar-refractivity contribution is 0.671. The number of hydrogen-bond acceptors (Lipinski definition) is 5. The number of rotatable bonds is 5. The topological polar surface area (TPSA) is 56.7 Å². The van der Waals surface area contributed by atoms with Gasteiger partial charge in [0.2, 0.25) is 0 Å². The third kappa shape index (κ3) is 5.04. The Morgan fingerprint density at radius 1 is 0.421 bits per heavy atom. The normalized spacial score (nSPS) is 11.9. The highest BCUT2D eigenvalue weighted by Crippen LogP contribution is 2.43. The Morgan fingerprint density at radius 3 is 1.93 bits per heavy atom. The number of benzene rings is 8. The van der Waals surface area contributed by atoms with Gasteiger partial charge >= 0.3 is 0 Å². The van der Waals surface area contributed by atoms with Gasteiger partial charge in [-0.15, -0.1) is 11.3 Å². The molecule has 0 bridgehead atoms. The van der Waals surface area contributed by atoms with Crippen LogP contribution in [-0.2, 0) is 0 Å². The number of para-hydroxylation sites is 1. The first-order valence-electron chi connectivity index (χ1n) is 19.0. The summed E-state index contributed by atoms with van der Waals surface area (Å²) in [5.74, 6) is 1.85. The van der Waals surface area contributed by atoms with Crippen molar-refractivity contribution in [3.63, 3.8) is 0 Å². The van der Waals surface area contributed by atoms with E-state index >= 15 is 0 Å². The molecule has 12 rings (SSSR count). The summed E-state index contributed by atoms with van der Waals surface area (Å²) >= 11 is 1.79. The standard InChI is InChI=1S/C51H30N4OS/c1-3-13-31(14-4-1)33-17-11-18-35(29-33)55-42-22-9-7-19-36(42)39-27-28-40-46-41(21-12-23-43(46)56-48(40)47(39)55)51-53-49(32-15-5-2-6-16-32)52-50(54-51)34-25-26-38-37-20-8-10-24-44(37)57-45(38)30-34/h1-30H. The van der Waals surface area contributed by atoms with Crippen molar-refractivity contribution < 1.29 is 4.42 Å². The molecule has 0 fully saturated rings. The van der Waals surface area contributed by atoms with Crippen LogP contribution < -0.4 is 0 Å². The van der Waals surface area contributed by atoms with Gasteiger partial charge in [0.1, 0.15) is 5.58 Å². The lowest BCUT2D eigenvalue weighted by Gasteiger charge is -2.10. The largest absolute Gasteiger partial charge is 0.454 e. The average Bonchev–Trinajstić information content (AvgIpc) is 3.96. The van der Waals surface area contributed by atoms with Crippen molar-refractivity contribution in [2.75, 3.05) is 0 Å². The van der Waals surface area contributed by atoms with Gasteiger partial charge in [0.25, 0.3) is 0 Å². The molecule has 0 saturated heterocycles. The van der Waals surface area contributed by atoms with Crippen LogP contribution in [0.25, 0.3) is 115 Å². The minimum atomic E-state index is 0.597. The summed E-state index contributed by atoms with van der Waals surface area (Å²) in [5.41, 5.74) is 9.92. The molecule has 6 heteroatoms. The van der Waals surface area contributed by atoms with Crippen LogP contribution in [-0.4, -0.2) is 19.5 Å². The Labute approximate surface area is 330 Å². The van der Waals surface area contributed by atoms with Gasteiger partial charge in [0.15, 0.2) is 23.1 Å². The number of thiophene rings is 1. The third-order valence-corrected chi connectivity index (χ3v) is 12.2. The van der Waals surface area contributed by atoms with E-state index in [1.165, 1.54) is 31.1 Å². The molecule has 0 unspecified atom stereocenters. The molecule has 0 amide bonds. The number of hydrogen-bond donors (Lipinski definition) is 0. The Morgan fingerprint density at radius 2 is 1.07 bits per heavy atom. The molecule has 0 N–H and O–H groups in total. The summed E-state index contributed by atoms with van der Waals surface area (Å²) in [7, 11) is 0. The summed E-state index contributed by atoms with van der Waals surface area (Å²) in [6.45, 7) is 0. The third-order valence-electron chi connectivity index (χ3n) is 11.1. The lowest BCUT2D eigenvalue weighted by atomic mass is 10.0. The zero-order valence-electron chi connectivity index (χ0n) is 30.4. The minimum Gasteiger partial charge on any atom is -0.454 e. The van der Waals surface area contributed by atoms with Gasteiger partial charge in [0, 0.05) is 64.1 Å². The average molecular weight is 747 g/mol. The maximum atomic E-state index is 6.95. The van der Waals surface area contributed by atoms with Crippen LogP contribution in [0.4, 0.5) is 0 Å². The first kappa shape index (κ1) is 31.9. The number of nitrogens with zero attached hydrogens (tertiary/aromatic N) is 4. The Balaban J connectivity index is 1.10. The van der Waals surface area contributed by atoms with Crippen molar-refractivity contribution in [1.82, 2.24) is 19.5 Å². The van der Waals surface area contributed by atoms with Crippen molar-refractivity contribution in [2.45, 2.75) is 0 Å². The Bertz CT molecular complexity index is 3530. The summed E-state index contributed by atoms with van der Waals surface area (Å²) in [4.78, 5) is 15.5. The molecule has 0 aliphatic rings. The zero-order valence-corrected chi connectivity index (χ0v) is 31.2. The van der Waals surface area contributed by atoms with Gasteiger partial charge in [-0.25, -0.2) is 15.0 Å². The van der Waals surface area contributed by atoms with Gasteiger partial charge in [-0.2, -0.15) is 0 Å². The maximum Gasteiger partial charge on any atom is 0.164 e. The molecule has 0 aliphatic carbocycles. The Kier molecular flexibility index (Phi) is 7.03. The summed E-state index contributed by atoms with van der Waals surface area (Å²) in [6, 6.07) is 63.7. The molecule has 0 radical (unpaired) electrons. The first-order valence-corrected chi connectivity index (χ1v) is 19.8. The molecule has 0 aliphatic heterocycles. The second-order valence-corrected chi connectivity index (χ2v) is 15.5. The predicted octanol–water partition coefficient (Wildman–Crippen LogP) is 13.9. The van der Waals surface area contributed by atoms with Gasteiger partial charge in [-0.05, 0) is 53.6 Å². The SMILES string of the molecule is c1ccc(-c2cccc(-n3c4ccccc4c4ccc5c(oc6cccc(-c7nc(-c8ccccc8)nc(-c8ccc9c(c8)sc8ccccc89)n7)c65)c43)c2)cc1. The molecule has 4 heterocycles. The maximum absolute atomic E-state index is 6.95. The van der Waals surface area contributed by atoms with Crippen LogP contribution >= 0.6 is 11.3 Å². The highest BCUT2D eigenvalue weighted by Gasteiger charge is 2.23. The van der Waals surface area contributed by atoms with Gasteiger partial charge in [0.05, 0.1) is 11.0 Å². The fourth-order valence-electron chi connectivity index (χ4n) is 8.45. The molecule has 8 aromatic carbocycles. The van der Waals surface area contributed by atoms with E-state index in [-0.39, 0.29) is 0 Å². The molecular formula is C51H30N4OS. The van der Waals surface area contributed by atoms with Crippen molar-refractivity contribution >= 4 is 75.3 Å². The molecule has 0 spiro atoms. The second kappa shape index (κ2) is 12.6. The van der Waals surface area contributed by atoms with E-state index in [0.29, 0.717) is 17.5 Å². The molecule has 0 atom stereocenters. The van der Waals surface area contributed by atoms with E-state index in [1.807, 2.05) is 42.5 Å². The highest BCUT2D eigenvalue weighted by atomic mass is 32.1. The summed E-state index contributed by atoms with van der Waals surface area (Å²) in [5, 5.41) is 6.79. The van der Waals surface area contributed by atoms with Crippen LogP contribution in [0, 0.1) is 0 Å². The van der Waals surface area contributed by atoms with Crippen LogP contribution in [0.3, 0.4) is 0 Å². The van der Waals surface area contributed by atoms with E-state index < -0.39 is 0 Å². The fourth-order valence-corrected chi connectivity index (χ4v) is 9.59. The van der Waals surface area contributed by atoms with E-state index in [1.54, 1.807) is 11.3 Å². The quantitative estimate of drug-likeness (QED) is 0.176. The number of furan rings is 1. The minimum absolute atomic E-state index is 0.597. The molecule has 266 valence electrons. The Hall–Kier alpha value is -7.41. The zero-order chi connectivity index (χ0) is 37.5. The van der Waals surface area contributed by atoms with Crippen molar-refractivity contribution in [3.05, 3.63) is 182 Å². The molecule has 12 aromatic rings. The van der Waals surface area contributed by atoms with Crippen molar-refractivity contribution in [1.29, 1.82) is 0 Å². The van der Waals surface area contributed by atoms with Crippen molar-refractivity contribution in [2.24, 2.45) is 0 Å². The van der Waals surface area contributed by atoms with E-state index in [4.69, 9.17) is 19.4 Å². The van der Waals surface area contributed by atoms with Crippen molar-refractivity contribution in [3.8, 4) is 51.0 Å². The summed E-state index contributed by atoms with van der Waals surface area (Å²) in [6.07, 6.45) is 0. The molecular weight excluding hydrogens is 717 g/mol. The van der Waals surface area contributed by atoms with Crippen LogP contribution in [0.5, 0.6) is 0 Å². The van der Waals surface area contributed by atoms with E-state index in [9.17, 15) is 0 Å². The monoisotopic (exact) mass is 746 g/mol. The first-order chi connectivity index (χ1) is 28.2. The second-order valence-electron chi connectivity index (χ2n) is 14.4. The van der Waals surface area contributed by atoms with Crippen LogP contribution in [0.15, 0.2) is 186 Å². The van der Waals surface area contributed by atoms with Gasteiger partial charge in [-0.1, -0.05) is 140 Å². The number of aromatic nitrogens is 4. The van der Waals surface area contributed by atoms with Gasteiger partial charge in [-0.3, -0.25) is 0 Å². The predicted molar refractivity (Wildman–Crippen MR) is 236 cm³/mol. The number of fused-ring (bicyclic) bond motifs is 10. The van der Waals surface area contributed by atoms with E-state index in [2.05, 4.69) is 144 Å². The smallest absolute Gasteiger partial charge is 0.164 e. The van der Waals surface area contributed by atoms with Crippen LogP contribution in [0.2, 0.25) is 0 Å². The molecule has 4 aromatic heterocycles. The summed E-state index contributed by atoms with van der Waals surface area (Å²) < 4.78 is 11.8. The molecule has 5 nitrogen and oxygen atoms in total. The fraction of sp³-hybridized carbons (Fsp3) is 0. The van der Waals surface area contributed by atoms with Gasteiger partial charge < -0.3 is 8.98 Å². The van der Waals surface area contributed by atoms with E-state index in [0.717, 1.165) is 66.3 Å². The molecule has 0 saturated carbocycles. The van der Waals surface area contributed by atoms with Crippen LogP contribution in [0.1, 0.15) is 0 Å². The molecule has 57 heavy (non-hydrogen) atoms. The highest BCUT2D eigenvalue weighted by molar-refractivity contribution is 7.25. The lowest BCUT2D eigenvalue weighted by Crippen LogP contribution is -2.00.